The first kappa shape index (κ1) is 19.2. The van der Waals surface area contributed by atoms with Crippen molar-refractivity contribution in [2.24, 2.45) is 0 Å². The van der Waals surface area contributed by atoms with E-state index >= 15 is 0 Å². The van der Waals surface area contributed by atoms with Crippen molar-refractivity contribution < 1.29 is 9.53 Å². The van der Waals surface area contributed by atoms with Gasteiger partial charge in [0.05, 0.1) is 11.4 Å². The van der Waals surface area contributed by atoms with Crippen LogP contribution in [-0.2, 0) is 9.53 Å². The third kappa shape index (κ3) is 3.87. The van der Waals surface area contributed by atoms with Gasteiger partial charge in [-0.3, -0.25) is 9.78 Å². The lowest BCUT2D eigenvalue weighted by Crippen LogP contribution is -2.19. The summed E-state index contributed by atoms with van der Waals surface area (Å²) in [6.45, 7) is 2.44. The number of alkyl halides is 1. The molecule has 4 heteroatoms. The number of carbonyl (C=O) groups excluding carboxylic acids is 1. The second-order valence-electron chi connectivity index (χ2n) is 6.94. The SMILES string of the molecule is Cc1ccc(C(c2c(-c3ccccc3)cnc3ccccc23)C(Cl)OC=O)cc1. The van der Waals surface area contributed by atoms with Crippen LogP contribution in [0.5, 0.6) is 0 Å². The number of benzene rings is 3. The molecule has 3 aromatic carbocycles. The Balaban J connectivity index is 2.03. The Labute approximate surface area is 174 Å². The van der Waals surface area contributed by atoms with E-state index in [9.17, 15) is 4.79 Å². The summed E-state index contributed by atoms with van der Waals surface area (Å²) < 4.78 is 5.25. The summed E-state index contributed by atoms with van der Waals surface area (Å²) in [6, 6.07) is 26.2. The average molecular weight is 402 g/mol. The lowest BCUT2D eigenvalue weighted by Gasteiger charge is -2.26. The molecule has 1 aromatic heterocycles. The van der Waals surface area contributed by atoms with Crippen molar-refractivity contribution in [3.8, 4) is 11.1 Å². The summed E-state index contributed by atoms with van der Waals surface area (Å²) >= 11 is 6.64. The van der Waals surface area contributed by atoms with E-state index in [2.05, 4.69) is 4.98 Å². The van der Waals surface area contributed by atoms with Crippen molar-refractivity contribution >= 4 is 29.0 Å². The summed E-state index contributed by atoms with van der Waals surface area (Å²) in [6.07, 6.45) is 1.87. The van der Waals surface area contributed by atoms with Crippen molar-refractivity contribution in [1.82, 2.24) is 4.98 Å². The lowest BCUT2D eigenvalue weighted by atomic mass is 9.84. The van der Waals surface area contributed by atoms with Crippen LogP contribution in [-0.4, -0.2) is 17.0 Å². The quantitative estimate of drug-likeness (QED) is 0.290. The minimum absolute atomic E-state index is 0.356. The highest BCUT2D eigenvalue weighted by atomic mass is 35.5. The molecule has 2 atom stereocenters. The Hall–Kier alpha value is -3.17. The standard InChI is InChI=1S/C25H20ClNO2/c1-17-11-13-19(14-12-17)23(25(26)29-16-28)24-20-9-5-6-10-22(20)27-15-21(24)18-7-3-2-4-8-18/h2-16,23,25H,1H3. The van der Waals surface area contributed by atoms with Crippen LogP contribution in [0.1, 0.15) is 22.6 Å². The van der Waals surface area contributed by atoms with Gasteiger partial charge in [0.15, 0.2) is 5.56 Å². The molecule has 0 saturated carbocycles. The predicted octanol–water partition coefficient (Wildman–Crippen LogP) is 6.08. The summed E-state index contributed by atoms with van der Waals surface area (Å²) in [7, 11) is 0. The maximum Gasteiger partial charge on any atom is 0.294 e. The van der Waals surface area contributed by atoms with E-state index in [1.807, 2.05) is 92.0 Å². The van der Waals surface area contributed by atoms with E-state index in [1.165, 1.54) is 0 Å². The van der Waals surface area contributed by atoms with E-state index in [1.54, 1.807) is 0 Å². The molecule has 0 saturated heterocycles. The summed E-state index contributed by atoms with van der Waals surface area (Å²) in [4.78, 5) is 15.8. The fourth-order valence-electron chi connectivity index (χ4n) is 3.70. The molecule has 2 unspecified atom stereocenters. The fraction of sp³-hybridized carbons (Fsp3) is 0.120. The largest absolute Gasteiger partial charge is 0.447 e. The van der Waals surface area contributed by atoms with Crippen molar-refractivity contribution in [2.75, 3.05) is 0 Å². The number of pyridine rings is 1. The molecule has 0 aliphatic rings. The van der Waals surface area contributed by atoms with Crippen molar-refractivity contribution in [3.63, 3.8) is 0 Å². The monoisotopic (exact) mass is 401 g/mol. The summed E-state index contributed by atoms with van der Waals surface area (Å²) in [5, 5.41) is 0.986. The Bertz CT molecular complexity index is 1130. The van der Waals surface area contributed by atoms with Gasteiger partial charge in [0.25, 0.3) is 6.47 Å². The predicted molar refractivity (Wildman–Crippen MR) is 117 cm³/mol. The smallest absolute Gasteiger partial charge is 0.294 e. The maximum absolute atomic E-state index is 11.1. The molecule has 3 nitrogen and oxygen atoms in total. The van der Waals surface area contributed by atoms with E-state index in [4.69, 9.17) is 16.3 Å². The average Bonchev–Trinajstić information content (AvgIpc) is 2.76. The first-order valence-corrected chi connectivity index (χ1v) is 9.85. The topological polar surface area (TPSA) is 39.2 Å². The zero-order valence-electron chi connectivity index (χ0n) is 16.0. The number of fused-ring (bicyclic) bond motifs is 1. The van der Waals surface area contributed by atoms with Gasteiger partial charge in [-0.05, 0) is 29.7 Å². The lowest BCUT2D eigenvalue weighted by molar-refractivity contribution is -0.130. The van der Waals surface area contributed by atoms with Crippen LogP contribution in [0, 0.1) is 6.92 Å². The maximum atomic E-state index is 11.1. The van der Waals surface area contributed by atoms with E-state index in [0.29, 0.717) is 6.47 Å². The highest BCUT2D eigenvalue weighted by Crippen LogP contribution is 2.41. The van der Waals surface area contributed by atoms with Gasteiger partial charge in [-0.25, -0.2) is 0 Å². The number of hydrogen-bond donors (Lipinski definition) is 0. The number of nitrogens with zero attached hydrogens (tertiary/aromatic N) is 1. The molecular weight excluding hydrogens is 382 g/mol. The molecule has 0 aliphatic carbocycles. The zero-order chi connectivity index (χ0) is 20.2. The zero-order valence-corrected chi connectivity index (χ0v) is 16.7. The van der Waals surface area contributed by atoms with Gasteiger partial charge >= 0.3 is 0 Å². The fourth-order valence-corrected chi connectivity index (χ4v) is 4.01. The number of para-hydroxylation sites is 1. The van der Waals surface area contributed by atoms with Gasteiger partial charge in [0.1, 0.15) is 0 Å². The number of ether oxygens (including phenoxy) is 1. The molecule has 4 aromatic rings. The molecule has 4 rings (SSSR count). The Morgan fingerprint density at radius 1 is 0.931 bits per heavy atom. The molecule has 144 valence electrons. The normalized spacial score (nSPS) is 13.0. The molecule has 0 radical (unpaired) electrons. The first-order chi connectivity index (χ1) is 14.2. The Kier molecular flexibility index (Phi) is 5.59. The first-order valence-electron chi connectivity index (χ1n) is 9.42. The number of hydrogen-bond acceptors (Lipinski definition) is 3. The van der Waals surface area contributed by atoms with Crippen molar-refractivity contribution in [3.05, 3.63) is 102 Å². The van der Waals surface area contributed by atoms with Crippen LogP contribution in [0.2, 0.25) is 0 Å². The molecule has 0 spiro atoms. The molecule has 0 aliphatic heterocycles. The van der Waals surface area contributed by atoms with Crippen LogP contribution in [0.25, 0.3) is 22.0 Å². The number of rotatable bonds is 6. The van der Waals surface area contributed by atoms with Gasteiger partial charge in [-0.15, -0.1) is 0 Å². The number of carbonyl (C=O) groups is 1. The van der Waals surface area contributed by atoms with Gasteiger partial charge in [0.2, 0.25) is 0 Å². The Morgan fingerprint density at radius 2 is 1.62 bits per heavy atom. The minimum Gasteiger partial charge on any atom is -0.447 e. The minimum atomic E-state index is -0.858. The second kappa shape index (κ2) is 8.46. The van der Waals surface area contributed by atoms with Crippen LogP contribution in [0.4, 0.5) is 0 Å². The van der Waals surface area contributed by atoms with Crippen molar-refractivity contribution in [2.45, 2.75) is 18.4 Å². The molecule has 0 N–H and O–H groups in total. The Morgan fingerprint density at radius 3 is 2.34 bits per heavy atom. The number of halogens is 1. The molecule has 0 bridgehead atoms. The number of aromatic nitrogens is 1. The molecular formula is C25H20ClNO2. The van der Waals surface area contributed by atoms with Crippen LogP contribution >= 0.6 is 11.6 Å². The molecule has 1 heterocycles. The van der Waals surface area contributed by atoms with Crippen LogP contribution in [0.3, 0.4) is 0 Å². The van der Waals surface area contributed by atoms with E-state index in [-0.39, 0.29) is 5.92 Å². The van der Waals surface area contributed by atoms with Gasteiger partial charge in [0, 0.05) is 17.1 Å². The van der Waals surface area contributed by atoms with Gasteiger partial charge in [-0.2, -0.15) is 0 Å². The molecule has 0 fully saturated rings. The highest BCUT2D eigenvalue weighted by molar-refractivity contribution is 6.21. The summed E-state index contributed by atoms with van der Waals surface area (Å²) in [5.74, 6) is -0.356. The third-order valence-corrected chi connectivity index (χ3v) is 5.45. The van der Waals surface area contributed by atoms with Crippen molar-refractivity contribution in [1.29, 1.82) is 0 Å². The van der Waals surface area contributed by atoms with Crippen LogP contribution < -0.4 is 0 Å². The highest BCUT2D eigenvalue weighted by Gasteiger charge is 2.29. The van der Waals surface area contributed by atoms with E-state index < -0.39 is 5.56 Å². The molecule has 29 heavy (non-hydrogen) atoms. The van der Waals surface area contributed by atoms with Gasteiger partial charge < -0.3 is 4.74 Å². The number of aryl methyl sites for hydroxylation is 1. The van der Waals surface area contributed by atoms with E-state index in [0.717, 1.165) is 38.7 Å². The van der Waals surface area contributed by atoms with Gasteiger partial charge in [-0.1, -0.05) is 90.0 Å². The third-order valence-electron chi connectivity index (χ3n) is 5.10. The molecule has 0 amide bonds. The van der Waals surface area contributed by atoms with Crippen LogP contribution in [0.15, 0.2) is 85.1 Å². The summed E-state index contributed by atoms with van der Waals surface area (Å²) in [5.41, 5.74) is 5.14. The second-order valence-corrected chi connectivity index (χ2v) is 7.37.